The maximum Gasteiger partial charge on any atom is 0.339 e. The molecule has 6 nitrogen and oxygen atoms in total. The van der Waals surface area contributed by atoms with E-state index < -0.39 is 5.97 Å². The molecule has 0 aliphatic rings. The second kappa shape index (κ2) is 3.50. The molecule has 78 valence electrons. The van der Waals surface area contributed by atoms with Gasteiger partial charge in [-0.25, -0.2) is 9.31 Å². The van der Waals surface area contributed by atoms with Crippen LogP contribution in [-0.4, -0.2) is 27.7 Å². The summed E-state index contributed by atoms with van der Waals surface area (Å²) in [6.07, 6.45) is 1.51. The van der Waals surface area contributed by atoms with Crippen molar-refractivity contribution in [3.8, 4) is 0 Å². The number of fused-ring (bicyclic) bond motifs is 1. The lowest BCUT2D eigenvalue weighted by molar-refractivity contribution is 0.0600. The Hall–Kier alpha value is -1.63. The van der Waals surface area contributed by atoms with Crippen LogP contribution in [0.15, 0.2) is 16.7 Å². The number of methoxy groups -OCH3 is 1. The first-order valence-electron chi connectivity index (χ1n) is 4.01. The van der Waals surface area contributed by atoms with Gasteiger partial charge in [-0.1, -0.05) is 0 Å². The number of esters is 1. The SMILES string of the molecule is COC(=O)c1cc(Br)c2nc(N)nn2c1. The molecule has 2 heterocycles. The Kier molecular flexibility index (Phi) is 2.31. The van der Waals surface area contributed by atoms with E-state index in [9.17, 15) is 4.79 Å². The van der Waals surface area contributed by atoms with E-state index in [1.807, 2.05) is 0 Å². The number of anilines is 1. The highest BCUT2D eigenvalue weighted by Gasteiger charge is 2.11. The summed E-state index contributed by atoms with van der Waals surface area (Å²) < 4.78 is 6.65. The van der Waals surface area contributed by atoms with Crippen LogP contribution in [-0.2, 0) is 4.74 Å². The summed E-state index contributed by atoms with van der Waals surface area (Å²) >= 11 is 3.27. The Morgan fingerprint density at radius 2 is 2.40 bits per heavy atom. The van der Waals surface area contributed by atoms with E-state index >= 15 is 0 Å². The molecule has 15 heavy (non-hydrogen) atoms. The Morgan fingerprint density at radius 1 is 1.67 bits per heavy atom. The topological polar surface area (TPSA) is 82.5 Å². The minimum absolute atomic E-state index is 0.151. The van der Waals surface area contributed by atoms with Crippen LogP contribution in [0.1, 0.15) is 10.4 Å². The minimum Gasteiger partial charge on any atom is -0.465 e. The molecular formula is C8H7BrN4O2. The number of hydrogen-bond acceptors (Lipinski definition) is 5. The van der Waals surface area contributed by atoms with Crippen molar-refractivity contribution in [1.29, 1.82) is 0 Å². The van der Waals surface area contributed by atoms with Crippen LogP contribution >= 0.6 is 15.9 Å². The first-order valence-corrected chi connectivity index (χ1v) is 4.81. The Labute approximate surface area is 93.2 Å². The van der Waals surface area contributed by atoms with Crippen LogP contribution in [0.4, 0.5) is 5.95 Å². The van der Waals surface area contributed by atoms with Gasteiger partial charge in [0.2, 0.25) is 5.95 Å². The van der Waals surface area contributed by atoms with E-state index in [0.29, 0.717) is 15.7 Å². The third-order valence-electron chi connectivity index (χ3n) is 1.83. The van der Waals surface area contributed by atoms with Crippen molar-refractivity contribution in [2.45, 2.75) is 0 Å². The third-order valence-corrected chi connectivity index (χ3v) is 2.41. The minimum atomic E-state index is -0.438. The van der Waals surface area contributed by atoms with Gasteiger partial charge in [0.05, 0.1) is 17.1 Å². The molecule has 2 rings (SSSR count). The number of halogens is 1. The van der Waals surface area contributed by atoms with Gasteiger partial charge in [-0.3, -0.25) is 0 Å². The molecule has 0 aromatic carbocycles. The number of rotatable bonds is 1. The van der Waals surface area contributed by atoms with Gasteiger partial charge in [0, 0.05) is 6.20 Å². The quantitative estimate of drug-likeness (QED) is 0.778. The van der Waals surface area contributed by atoms with Gasteiger partial charge in [-0.05, 0) is 22.0 Å². The molecule has 2 aromatic rings. The summed E-state index contributed by atoms with van der Waals surface area (Å²) in [5.41, 5.74) is 6.37. The Morgan fingerprint density at radius 3 is 3.07 bits per heavy atom. The molecule has 0 bridgehead atoms. The standard InChI is InChI=1S/C8H7BrN4O2/c1-15-7(14)4-2-5(9)6-11-8(10)12-13(6)3-4/h2-3H,1H3,(H2,10,12). The number of nitrogen functional groups attached to an aromatic ring is 1. The second-order valence-corrected chi connectivity index (χ2v) is 3.66. The van der Waals surface area contributed by atoms with E-state index in [4.69, 9.17) is 5.73 Å². The average molecular weight is 271 g/mol. The zero-order valence-corrected chi connectivity index (χ0v) is 9.35. The van der Waals surface area contributed by atoms with Crippen molar-refractivity contribution in [2.75, 3.05) is 12.8 Å². The lowest BCUT2D eigenvalue weighted by Gasteiger charge is -2.00. The van der Waals surface area contributed by atoms with Gasteiger partial charge in [0.25, 0.3) is 0 Å². The fraction of sp³-hybridized carbons (Fsp3) is 0.125. The molecule has 2 N–H and O–H groups in total. The fourth-order valence-corrected chi connectivity index (χ4v) is 1.71. The predicted molar refractivity (Wildman–Crippen MR) is 56.4 cm³/mol. The summed E-state index contributed by atoms with van der Waals surface area (Å²) in [7, 11) is 1.32. The third kappa shape index (κ3) is 1.65. The summed E-state index contributed by atoms with van der Waals surface area (Å²) in [5, 5.41) is 3.90. The lowest BCUT2D eigenvalue weighted by Crippen LogP contribution is -2.03. The number of aromatic nitrogens is 3. The van der Waals surface area contributed by atoms with Gasteiger partial charge in [0.15, 0.2) is 5.65 Å². The molecule has 0 fully saturated rings. The lowest BCUT2D eigenvalue weighted by atomic mass is 10.3. The highest BCUT2D eigenvalue weighted by molar-refractivity contribution is 9.10. The molecule has 0 atom stereocenters. The molecule has 7 heteroatoms. The van der Waals surface area contributed by atoms with Crippen molar-refractivity contribution in [2.24, 2.45) is 0 Å². The van der Waals surface area contributed by atoms with Gasteiger partial charge < -0.3 is 10.5 Å². The second-order valence-electron chi connectivity index (χ2n) is 2.81. The summed E-state index contributed by atoms with van der Waals surface area (Å²) in [6.45, 7) is 0. The number of carbonyl (C=O) groups excluding carboxylic acids is 1. The maximum atomic E-state index is 11.3. The van der Waals surface area contributed by atoms with E-state index in [2.05, 4.69) is 30.7 Å². The van der Waals surface area contributed by atoms with Crippen molar-refractivity contribution < 1.29 is 9.53 Å². The molecule has 0 radical (unpaired) electrons. The first kappa shape index (κ1) is 9.91. The van der Waals surface area contributed by atoms with Crippen molar-refractivity contribution in [3.63, 3.8) is 0 Å². The normalized spacial score (nSPS) is 10.5. The highest BCUT2D eigenvalue weighted by Crippen LogP contribution is 2.19. The van der Waals surface area contributed by atoms with Gasteiger partial charge in [-0.2, -0.15) is 4.98 Å². The average Bonchev–Trinajstić information content (AvgIpc) is 2.58. The molecule has 0 saturated carbocycles. The molecule has 0 saturated heterocycles. The van der Waals surface area contributed by atoms with Gasteiger partial charge in [0.1, 0.15) is 0 Å². The van der Waals surface area contributed by atoms with Crippen LogP contribution in [0.5, 0.6) is 0 Å². The molecular weight excluding hydrogens is 264 g/mol. The zero-order chi connectivity index (χ0) is 11.0. The van der Waals surface area contributed by atoms with E-state index in [-0.39, 0.29) is 5.95 Å². The number of hydrogen-bond donors (Lipinski definition) is 1. The molecule has 0 unspecified atom stereocenters. The van der Waals surface area contributed by atoms with Crippen LogP contribution in [0.3, 0.4) is 0 Å². The number of nitrogens with zero attached hydrogens (tertiary/aromatic N) is 3. The maximum absolute atomic E-state index is 11.3. The summed E-state index contributed by atoms with van der Waals surface area (Å²) in [4.78, 5) is 15.2. The molecule has 0 spiro atoms. The Bertz CT molecular complexity index is 537. The van der Waals surface area contributed by atoms with Crippen LogP contribution in [0, 0.1) is 0 Å². The summed E-state index contributed by atoms with van der Waals surface area (Å²) in [5.74, 6) is -0.288. The monoisotopic (exact) mass is 270 g/mol. The fourth-order valence-electron chi connectivity index (χ4n) is 1.19. The van der Waals surface area contributed by atoms with Crippen LogP contribution in [0.25, 0.3) is 5.65 Å². The molecule has 0 aliphatic carbocycles. The van der Waals surface area contributed by atoms with E-state index in [1.165, 1.54) is 17.8 Å². The summed E-state index contributed by atoms with van der Waals surface area (Å²) in [6, 6.07) is 1.61. The van der Waals surface area contributed by atoms with Crippen molar-refractivity contribution in [3.05, 3.63) is 22.3 Å². The van der Waals surface area contributed by atoms with Crippen molar-refractivity contribution in [1.82, 2.24) is 14.6 Å². The number of ether oxygens (including phenoxy) is 1. The highest BCUT2D eigenvalue weighted by atomic mass is 79.9. The predicted octanol–water partition coefficient (Wildman–Crippen LogP) is 0.861. The van der Waals surface area contributed by atoms with Gasteiger partial charge in [-0.15, -0.1) is 5.10 Å². The number of nitrogens with two attached hydrogens (primary N) is 1. The molecule has 0 amide bonds. The number of carbonyl (C=O) groups is 1. The zero-order valence-electron chi connectivity index (χ0n) is 7.77. The molecule has 0 aliphatic heterocycles. The first-order chi connectivity index (χ1) is 7.11. The van der Waals surface area contributed by atoms with Crippen LogP contribution in [0.2, 0.25) is 0 Å². The smallest absolute Gasteiger partial charge is 0.339 e. The van der Waals surface area contributed by atoms with Crippen LogP contribution < -0.4 is 5.73 Å². The van der Waals surface area contributed by atoms with E-state index in [0.717, 1.165) is 0 Å². The van der Waals surface area contributed by atoms with E-state index in [1.54, 1.807) is 6.07 Å². The Balaban J connectivity index is 2.66. The van der Waals surface area contributed by atoms with Crippen molar-refractivity contribution >= 4 is 33.5 Å². The largest absolute Gasteiger partial charge is 0.465 e. The number of pyridine rings is 1. The van der Waals surface area contributed by atoms with Gasteiger partial charge >= 0.3 is 5.97 Å². The molecule has 2 aromatic heterocycles.